The quantitative estimate of drug-likeness (QED) is 0.769. The van der Waals surface area contributed by atoms with Crippen LogP contribution in [0.4, 0.5) is 13.2 Å². The molecule has 0 bridgehead atoms. The topological polar surface area (TPSA) is 20.2 Å². The predicted molar refractivity (Wildman–Crippen MR) is 76.9 cm³/mol. The van der Waals surface area contributed by atoms with Crippen molar-refractivity contribution in [3.05, 3.63) is 34.9 Å². The third-order valence-electron chi connectivity index (χ3n) is 4.88. The van der Waals surface area contributed by atoms with Gasteiger partial charge in [-0.05, 0) is 60.8 Å². The van der Waals surface area contributed by atoms with Gasteiger partial charge in [-0.15, -0.1) is 0 Å². The Kier molecular flexibility index (Phi) is 3.90. The lowest BCUT2D eigenvalue weighted by Gasteiger charge is -2.46. The SMILES string of the molecule is Cc1cc(C(F)(F)F)ccc1C1(O)CCC(C)(C)CC1C. The first-order valence-corrected chi connectivity index (χ1v) is 7.36. The zero-order chi connectivity index (χ0) is 16.1. The van der Waals surface area contributed by atoms with Crippen molar-refractivity contribution < 1.29 is 18.3 Å². The second-order valence-corrected chi connectivity index (χ2v) is 7.22. The summed E-state index contributed by atoms with van der Waals surface area (Å²) in [5.41, 5.74) is -0.358. The summed E-state index contributed by atoms with van der Waals surface area (Å²) in [6.45, 7) is 7.97. The van der Waals surface area contributed by atoms with Crippen molar-refractivity contribution in [1.29, 1.82) is 0 Å². The molecule has 0 aromatic heterocycles. The minimum absolute atomic E-state index is 0.0247. The van der Waals surface area contributed by atoms with Crippen LogP contribution in [0.2, 0.25) is 0 Å². The van der Waals surface area contributed by atoms with E-state index in [1.807, 2.05) is 6.92 Å². The normalized spacial score (nSPS) is 29.4. The smallest absolute Gasteiger partial charge is 0.385 e. The summed E-state index contributed by atoms with van der Waals surface area (Å²) in [5.74, 6) is 0.0247. The van der Waals surface area contributed by atoms with Crippen molar-refractivity contribution in [3.8, 4) is 0 Å². The van der Waals surface area contributed by atoms with Gasteiger partial charge in [0.2, 0.25) is 0 Å². The van der Waals surface area contributed by atoms with E-state index in [4.69, 9.17) is 0 Å². The maximum absolute atomic E-state index is 12.8. The molecular formula is C17H23F3O. The maximum atomic E-state index is 12.8. The van der Waals surface area contributed by atoms with Crippen LogP contribution in [0.3, 0.4) is 0 Å². The van der Waals surface area contributed by atoms with E-state index in [1.165, 1.54) is 6.07 Å². The predicted octanol–water partition coefficient (Wildman–Crippen LogP) is 5.05. The molecule has 1 fully saturated rings. The number of halogens is 3. The fourth-order valence-corrected chi connectivity index (χ4v) is 3.60. The molecule has 0 aliphatic heterocycles. The fraction of sp³-hybridized carbons (Fsp3) is 0.647. The first kappa shape index (κ1) is 16.3. The molecule has 1 aromatic rings. The van der Waals surface area contributed by atoms with Crippen molar-refractivity contribution >= 4 is 0 Å². The lowest BCUT2D eigenvalue weighted by Crippen LogP contribution is -2.42. The van der Waals surface area contributed by atoms with Crippen LogP contribution in [-0.2, 0) is 11.8 Å². The highest BCUT2D eigenvalue weighted by Gasteiger charge is 2.44. The summed E-state index contributed by atoms with van der Waals surface area (Å²) in [6.07, 6.45) is -2.02. The first-order chi connectivity index (χ1) is 9.46. The van der Waals surface area contributed by atoms with Crippen molar-refractivity contribution in [2.75, 3.05) is 0 Å². The Hall–Kier alpha value is -1.03. The van der Waals surface area contributed by atoms with E-state index in [0.29, 0.717) is 17.5 Å². The molecule has 2 unspecified atom stereocenters. The van der Waals surface area contributed by atoms with Crippen molar-refractivity contribution in [2.45, 2.75) is 58.7 Å². The molecule has 21 heavy (non-hydrogen) atoms. The molecule has 0 heterocycles. The third kappa shape index (κ3) is 3.10. The third-order valence-corrected chi connectivity index (χ3v) is 4.88. The van der Waals surface area contributed by atoms with Crippen LogP contribution < -0.4 is 0 Å². The summed E-state index contributed by atoms with van der Waals surface area (Å²) in [7, 11) is 0. The van der Waals surface area contributed by atoms with E-state index < -0.39 is 17.3 Å². The van der Waals surface area contributed by atoms with Gasteiger partial charge in [0, 0.05) is 0 Å². The van der Waals surface area contributed by atoms with Crippen LogP contribution in [0.5, 0.6) is 0 Å². The van der Waals surface area contributed by atoms with Crippen LogP contribution in [0.15, 0.2) is 18.2 Å². The molecule has 1 saturated carbocycles. The molecule has 2 atom stereocenters. The Morgan fingerprint density at radius 3 is 2.29 bits per heavy atom. The summed E-state index contributed by atoms with van der Waals surface area (Å²) >= 11 is 0. The van der Waals surface area contributed by atoms with Crippen LogP contribution >= 0.6 is 0 Å². The highest BCUT2D eigenvalue weighted by Crippen LogP contribution is 2.49. The van der Waals surface area contributed by atoms with Gasteiger partial charge >= 0.3 is 6.18 Å². The van der Waals surface area contributed by atoms with E-state index in [2.05, 4.69) is 13.8 Å². The molecule has 0 amide bonds. The molecule has 1 aromatic carbocycles. The van der Waals surface area contributed by atoms with Gasteiger partial charge in [0.25, 0.3) is 0 Å². The van der Waals surface area contributed by atoms with Gasteiger partial charge in [-0.25, -0.2) is 0 Å². The van der Waals surface area contributed by atoms with Gasteiger partial charge in [0.15, 0.2) is 0 Å². The van der Waals surface area contributed by atoms with Crippen LogP contribution in [0.25, 0.3) is 0 Å². The minimum Gasteiger partial charge on any atom is -0.385 e. The monoisotopic (exact) mass is 300 g/mol. The van der Waals surface area contributed by atoms with Crippen LogP contribution in [0.1, 0.15) is 56.7 Å². The molecule has 0 spiro atoms. The number of benzene rings is 1. The second kappa shape index (κ2) is 5.01. The van der Waals surface area contributed by atoms with Gasteiger partial charge < -0.3 is 5.11 Å². The number of hydrogen-bond acceptors (Lipinski definition) is 1. The number of hydrogen-bond donors (Lipinski definition) is 1. The molecule has 0 radical (unpaired) electrons. The largest absolute Gasteiger partial charge is 0.416 e. The average molecular weight is 300 g/mol. The highest BCUT2D eigenvalue weighted by molar-refractivity contribution is 5.37. The standard InChI is InChI=1S/C17H23F3O/c1-11-9-13(17(18,19)20)5-6-14(11)16(21)8-7-15(3,4)10-12(16)2/h5-6,9,12,21H,7-8,10H2,1-4H3. The van der Waals surface area contributed by atoms with Gasteiger partial charge in [0.1, 0.15) is 0 Å². The van der Waals surface area contributed by atoms with E-state index in [9.17, 15) is 18.3 Å². The van der Waals surface area contributed by atoms with Gasteiger partial charge in [-0.3, -0.25) is 0 Å². The van der Waals surface area contributed by atoms with Crippen molar-refractivity contribution in [2.24, 2.45) is 11.3 Å². The first-order valence-electron chi connectivity index (χ1n) is 7.36. The van der Waals surface area contributed by atoms with E-state index in [-0.39, 0.29) is 11.3 Å². The highest BCUT2D eigenvalue weighted by atomic mass is 19.4. The summed E-state index contributed by atoms with van der Waals surface area (Å²) in [4.78, 5) is 0. The van der Waals surface area contributed by atoms with Gasteiger partial charge in [0.05, 0.1) is 11.2 Å². The Labute approximate surface area is 124 Å². The summed E-state index contributed by atoms with van der Waals surface area (Å²) in [5, 5.41) is 11.0. The Bertz CT molecular complexity index is 533. The molecule has 2 rings (SSSR count). The minimum atomic E-state index is -4.34. The molecule has 1 nitrogen and oxygen atoms in total. The number of aliphatic hydroxyl groups is 1. The number of rotatable bonds is 1. The van der Waals surface area contributed by atoms with Gasteiger partial charge in [-0.2, -0.15) is 13.2 Å². The lowest BCUT2D eigenvalue weighted by atomic mass is 9.63. The Morgan fingerprint density at radius 1 is 1.19 bits per heavy atom. The maximum Gasteiger partial charge on any atom is 0.416 e. The van der Waals surface area contributed by atoms with E-state index >= 15 is 0 Å². The van der Waals surface area contributed by atoms with E-state index in [0.717, 1.165) is 25.0 Å². The molecular weight excluding hydrogens is 277 g/mol. The molecule has 118 valence electrons. The summed E-state index contributed by atoms with van der Waals surface area (Å²) < 4.78 is 38.3. The summed E-state index contributed by atoms with van der Waals surface area (Å²) in [6, 6.07) is 3.67. The zero-order valence-electron chi connectivity index (χ0n) is 13.0. The number of alkyl halides is 3. The van der Waals surface area contributed by atoms with Crippen LogP contribution in [-0.4, -0.2) is 5.11 Å². The molecule has 1 aliphatic carbocycles. The van der Waals surface area contributed by atoms with Crippen LogP contribution in [0, 0.1) is 18.3 Å². The average Bonchev–Trinajstić information content (AvgIpc) is 2.33. The van der Waals surface area contributed by atoms with E-state index in [1.54, 1.807) is 6.92 Å². The molecule has 1 N–H and O–H groups in total. The molecule has 4 heteroatoms. The fourth-order valence-electron chi connectivity index (χ4n) is 3.60. The Morgan fingerprint density at radius 2 is 1.81 bits per heavy atom. The van der Waals surface area contributed by atoms with Gasteiger partial charge in [-0.1, -0.05) is 26.8 Å². The Balaban J connectivity index is 2.38. The van der Waals surface area contributed by atoms with Crippen molar-refractivity contribution in [1.82, 2.24) is 0 Å². The van der Waals surface area contributed by atoms with Crippen molar-refractivity contribution in [3.63, 3.8) is 0 Å². The number of aryl methyl sites for hydroxylation is 1. The molecule has 1 aliphatic rings. The zero-order valence-corrected chi connectivity index (χ0v) is 13.0. The molecule has 0 saturated heterocycles. The second-order valence-electron chi connectivity index (χ2n) is 7.22. The lowest BCUT2D eigenvalue weighted by molar-refractivity contribution is -0.137.